The molecule has 0 aliphatic carbocycles. The molecule has 1 aromatic heterocycles. The van der Waals surface area contributed by atoms with Crippen molar-refractivity contribution in [3.63, 3.8) is 0 Å². The summed E-state index contributed by atoms with van der Waals surface area (Å²) >= 11 is 1.26. The third kappa shape index (κ3) is 7.11. The van der Waals surface area contributed by atoms with Crippen molar-refractivity contribution in [1.82, 2.24) is 15.2 Å². The number of alkyl halides is 2. The third-order valence-corrected chi connectivity index (χ3v) is 10.1. The molecule has 0 atom stereocenters. The molecule has 2 aliphatic rings. The molecule has 46 heavy (non-hydrogen) atoms. The molecule has 1 fully saturated rings. The number of hydrogen-bond donors (Lipinski definition) is 1. The molecule has 0 bridgehead atoms. The van der Waals surface area contributed by atoms with Crippen molar-refractivity contribution in [3.05, 3.63) is 113 Å². The van der Waals surface area contributed by atoms with Gasteiger partial charge in [0.05, 0.1) is 11.4 Å². The van der Waals surface area contributed by atoms with Crippen LogP contribution in [0.3, 0.4) is 0 Å². The van der Waals surface area contributed by atoms with Crippen molar-refractivity contribution in [2.75, 3.05) is 31.1 Å². The number of amides is 2. The lowest BCUT2D eigenvalue weighted by molar-refractivity contribution is -0.127. The molecule has 0 radical (unpaired) electrons. The number of carbonyl (C=O) groups excluding carboxylic acids is 2. The predicted molar refractivity (Wildman–Crippen MR) is 180 cm³/mol. The van der Waals surface area contributed by atoms with Gasteiger partial charge < -0.3 is 15.1 Å². The molecule has 1 saturated heterocycles. The zero-order valence-corrected chi connectivity index (χ0v) is 26.7. The second-order valence-corrected chi connectivity index (χ2v) is 13.0. The van der Waals surface area contributed by atoms with E-state index >= 15 is 8.78 Å². The Morgan fingerprint density at radius 2 is 1.63 bits per heavy atom. The highest BCUT2D eigenvalue weighted by molar-refractivity contribution is 7.17. The van der Waals surface area contributed by atoms with E-state index in [0.29, 0.717) is 40.3 Å². The van der Waals surface area contributed by atoms with Gasteiger partial charge in [0, 0.05) is 55.4 Å². The molecule has 2 aliphatic heterocycles. The van der Waals surface area contributed by atoms with Gasteiger partial charge in [0.25, 0.3) is 11.8 Å². The average Bonchev–Trinajstić information content (AvgIpc) is 3.43. The second-order valence-electron chi connectivity index (χ2n) is 12.0. The Kier molecular flexibility index (Phi) is 9.70. The van der Waals surface area contributed by atoms with Crippen molar-refractivity contribution >= 4 is 34.4 Å². The molecular weight excluding hydrogens is 602 g/mol. The van der Waals surface area contributed by atoms with Gasteiger partial charge >= 0.3 is 0 Å². The van der Waals surface area contributed by atoms with E-state index in [1.165, 1.54) is 21.8 Å². The number of halogens is 2. The quantitative estimate of drug-likeness (QED) is 0.159. The molecule has 238 valence electrons. The maximum Gasteiger partial charge on any atom is 0.275 e. The van der Waals surface area contributed by atoms with Gasteiger partial charge in [0.2, 0.25) is 5.91 Å². The molecule has 0 saturated carbocycles. The van der Waals surface area contributed by atoms with Crippen LogP contribution in [0, 0.1) is 12.8 Å². The zero-order valence-electron chi connectivity index (χ0n) is 25.9. The molecule has 4 aromatic rings. The number of likely N-dealkylation sites (tertiary alicyclic amines) is 1. The monoisotopic (exact) mass is 640 g/mol. The van der Waals surface area contributed by atoms with Gasteiger partial charge in [-0.1, -0.05) is 78.9 Å². The molecule has 6 rings (SSSR count). The summed E-state index contributed by atoms with van der Waals surface area (Å²) in [5.74, 6) is -3.58. The van der Waals surface area contributed by atoms with Crippen LogP contribution in [-0.4, -0.2) is 53.8 Å². The summed E-state index contributed by atoms with van der Waals surface area (Å²) in [5.41, 5.74) is 2.95. The Balaban J connectivity index is 1.15. The number of piperidine rings is 1. The van der Waals surface area contributed by atoms with Crippen molar-refractivity contribution < 1.29 is 18.4 Å². The fraction of sp³-hybridized carbons (Fsp3) is 0.324. The highest BCUT2D eigenvalue weighted by Crippen LogP contribution is 2.44. The smallest absolute Gasteiger partial charge is 0.275 e. The number of anilines is 1. The van der Waals surface area contributed by atoms with Crippen LogP contribution in [0.4, 0.5) is 14.5 Å². The van der Waals surface area contributed by atoms with Crippen molar-refractivity contribution in [3.8, 4) is 10.6 Å². The summed E-state index contributed by atoms with van der Waals surface area (Å²) in [6.45, 7) is 4.38. The maximum atomic E-state index is 15.8. The van der Waals surface area contributed by atoms with Crippen LogP contribution in [0.2, 0.25) is 0 Å². The normalized spacial score (nSPS) is 17.5. The minimum Gasteiger partial charge on any atom is -0.339 e. The predicted octanol–water partition coefficient (Wildman–Crippen LogP) is 7.61. The van der Waals surface area contributed by atoms with Gasteiger partial charge in [-0.05, 0) is 50.3 Å². The van der Waals surface area contributed by atoms with Crippen molar-refractivity contribution in [2.24, 2.45) is 5.92 Å². The Hall–Kier alpha value is -4.21. The number of fused-ring (bicyclic) bond motifs is 1. The largest absolute Gasteiger partial charge is 0.339 e. The molecule has 9 heteroatoms. The lowest BCUT2D eigenvalue weighted by atomic mass is 9.93. The highest BCUT2D eigenvalue weighted by Gasteiger charge is 2.42. The first-order valence-electron chi connectivity index (χ1n) is 15.9. The standard InChI is InChI=1S/C37H38F2N4O2S/c1-26-34(46-35(41-26)29-12-6-3-7-13-29)36(45)43-23-19-37(38,39)31(30-14-8-9-15-32(30)43)24-33(44)42-21-17-27(18-22-42)16-20-40-25-28-10-4-2-5-11-28/h2-15,24,27,40H,16-23,25H2,1H3/b31-24-. The Labute approximate surface area is 272 Å². The topological polar surface area (TPSA) is 65.5 Å². The SMILES string of the molecule is Cc1nc(-c2ccccc2)sc1C(=O)N1CCC(F)(F)/C(=C\C(=O)N2CCC(CCNCc3ccccc3)CC2)c2ccccc21. The van der Waals surface area contributed by atoms with Crippen LogP contribution < -0.4 is 10.2 Å². The second kappa shape index (κ2) is 14.1. The highest BCUT2D eigenvalue weighted by atomic mass is 32.1. The molecule has 2 amide bonds. The average molecular weight is 641 g/mol. The van der Waals surface area contributed by atoms with Crippen molar-refractivity contribution in [2.45, 2.75) is 45.1 Å². The van der Waals surface area contributed by atoms with E-state index in [4.69, 9.17) is 0 Å². The van der Waals surface area contributed by atoms with E-state index in [1.807, 2.05) is 48.5 Å². The molecule has 0 unspecified atom stereocenters. The zero-order chi connectivity index (χ0) is 32.1. The number of carbonyl (C=O) groups is 2. The van der Waals surface area contributed by atoms with Crippen LogP contribution in [0.25, 0.3) is 16.1 Å². The summed E-state index contributed by atoms with van der Waals surface area (Å²) < 4.78 is 31.7. The minimum atomic E-state index is -3.29. The summed E-state index contributed by atoms with van der Waals surface area (Å²) in [7, 11) is 0. The van der Waals surface area contributed by atoms with Crippen LogP contribution in [0.1, 0.15) is 52.2 Å². The van der Waals surface area contributed by atoms with E-state index in [1.54, 1.807) is 36.1 Å². The van der Waals surface area contributed by atoms with Crippen LogP contribution in [-0.2, 0) is 11.3 Å². The van der Waals surface area contributed by atoms with E-state index in [-0.39, 0.29) is 23.6 Å². The fourth-order valence-electron chi connectivity index (χ4n) is 6.25. The number of allylic oxidation sites excluding steroid dienone is 1. The first-order chi connectivity index (χ1) is 22.3. The molecule has 3 aromatic carbocycles. The van der Waals surface area contributed by atoms with Crippen molar-refractivity contribution in [1.29, 1.82) is 0 Å². The summed E-state index contributed by atoms with van der Waals surface area (Å²) in [4.78, 5) is 35.5. The number of thiazole rings is 1. The number of rotatable bonds is 8. The molecule has 1 N–H and O–H groups in total. The van der Waals surface area contributed by atoms with Gasteiger partial charge in [-0.15, -0.1) is 11.3 Å². The van der Waals surface area contributed by atoms with E-state index in [9.17, 15) is 9.59 Å². The first-order valence-corrected chi connectivity index (χ1v) is 16.7. The molecular formula is C37H38F2N4O2S. The number of nitrogens with one attached hydrogen (secondary N) is 1. The van der Waals surface area contributed by atoms with E-state index < -0.39 is 18.3 Å². The van der Waals surface area contributed by atoms with Crippen LogP contribution in [0.5, 0.6) is 0 Å². The maximum absolute atomic E-state index is 15.8. The van der Waals surface area contributed by atoms with E-state index in [0.717, 1.165) is 44.0 Å². The summed E-state index contributed by atoms with van der Waals surface area (Å²) in [6, 6.07) is 26.5. The molecule has 6 nitrogen and oxygen atoms in total. The Morgan fingerprint density at radius 3 is 2.37 bits per heavy atom. The van der Waals surface area contributed by atoms with Gasteiger partial charge in [-0.2, -0.15) is 0 Å². The number of benzene rings is 3. The van der Waals surface area contributed by atoms with Crippen LogP contribution >= 0.6 is 11.3 Å². The number of aromatic nitrogens is 1. The minimum absolute atomic E-state index is 0.184. The number of nitrogens with zero attached hydrogens (tertiary/aromatic N) is 3. The van der Waals surface area contributed by atoms with Gasteiger partial charge in [-0.25, -0.2) is 13.8 Å². The summed E-state index contributed by atoms with van der Waals surface area (Å²) in [5, 5.41) is 4.19. The number of hydrogen-bond acceptors (Lipinski definition) is 5. The number of aryl methyl sites for hydroxylation is 1. The van der Waals surface area contributed by atoms with Gasteiger partial charge in [0.15, 0.2) is 0 Å². The third-order valence-electron chi connectivity index (χ3n) is 8.88. The van der Waals surface area contributed by atoms with E-state index in [2.05, 4.69) is 22.4 Å². The Morgan fingerprint density at radius 1 is 0.957 bits per heavy atom. The number of para-hydroxylation sites is 1. The Bertz CT molecular complexity index is 1700. The van der Waals surface area contributed by atoms with Gasteiger partial charge in [0.1, 0.15) is 9.88 Å². The first kappa shape index (κ1) is 31.8. The van der Waals surface area contributed by atoms with Gasteiger partial charge in [-0.3, -0.25) is 9.59 Å². The van der Waals surface area contributed by atoms with Crippen LogP contribution in [0.15, 0.2) is 91.0 Å². The lowest BCUT2D eigenvalue weighted by Gasteiger charge is -2.32. The molecule has 3 heterocycles. The lowest BCUT2D eigenvalue weighted by Crippen LogP contribution is -2.38. The fourth-order valence-corrected chi connectivity index (χ4v) is 7.27. The summed E-state index contributed by atoms with van der Waals surface area (Å²) in [6.07, 6.45) is 3.22. The molecule has 0 spiro atoms.